The van der Waals surface area contributed by atoms with Crippen LogP contribution < -0.4 is 0 Å². The zero-order valence-electron chi connectivity index (χ0n) is 6.33. The van der Waals surface area contributed by atoms with Crippen LogP contribution in [0, 0.1) is 5.41 Å². The molecule has 0 spiro atoms. The second-order valence-corrected chi connectivity index (χ2v) is 2.25. The molecule has 1 heteroatoms. The molecule has 56 valence electrons. The third kappa shape index (κ3) is 2.80. The van der Waals surface area contributed by atoms with Crippen molar-refractivity contribution in [2.75, 3.05) is 0 Å². The summed E-state index contributed by atoms with van der Waals surface area (Å²) < 4.78 is 0. The van der Waals surface area contributed by atoms with Crippen LogP contribution in [0.15, 0.2) is 36.4 Å². The largest absolute Gasteiger partial charge is 0.313 e. The lowest BCUT2D eigenvalue weighted by Gasteiger charge is -1.88. The topological polar surface area (TPSA) is 23.9 Å². The van der Waals surface area contributed by atoms with E-state index in [1.807, 2.05) is 42.5 Å². The molecule has 0 heterocycles. The van der Waals surface area contributed by atoms with Gasteiger partial charge in [0.2, 0.25) is 0 Å². The molecule has 1 nitrogen and oxygen atoms in total. The Morgan fingerprint density at radius 1 is 1.18 bits per heavy atom. The third-order valence-electron chi connectivity index (χ3n) is 1.36. The molecule has 0 atom stereocenters. The Labute approximate surface area is 66.9 Å². The number of hydrogen-bond donors (Lipinski definition) is 1. The first-order valence-corrected chi connectivity index (χ1v) is 3.64. The normalized spacial score (nSPS) is 10.2. The molecule has 1 aromatic rings. The molecular formula is C10H11N. The summed E-state index contributed by atoms with van der Waals surface area (Å²) in [6.07, 6.45) is 6.10. The standard InChI is InChI=1S/C10H11N/c11-9-5-4-8-10-6-2-1-3-7-10/h1-4,6-9,11H,5H2. The van der Waals surface area contributed by atoms with E-state index in [1.54, 1.807) is 0 Å². The Bertz CT molecular complexity index is 236. The van der Waals surface area contributed by atoms with Crippen LogP contribution >= 0.6 is 0 Å². The van der Waals surface area contributed by atoms with Gasteiger partial charge in [-0.1, -0.05) is 42.5 Å². The molecule has 0 unspecified atom stereocenters. The van der Waals surface area contributed by atoms with Crippen molar-refractivity contribution in [3.8, 4) is 0 Å². The number of allylic oxidation sites excluding steroid dienone is 1. The highest BCUT2D eigenvalue weighted by Gasteiger charge is 1.79. The van der Waals surface area contributed by atoms with Crippen molar-refractivity contribution >= 4 is 12.3 Å². The van der Waals surface area contributed by atoms with E-state index in [-0.39, 0.29) is 0 Å². The van der Waals surface area contributed by atoms with E-state index >= 15 is 0 Å². The van der Waals surface area contributed by atoms with E-state index in [2.05, 4.69) is 0 Å². The van der Waals surface area contributed by atoms with Gasteiger partial charge in [-0.2, -0.15) is 0 Å². The molecule has 0 fully saturated rings. The molecule has 0 aliphatic heterocycles. The maximum absolute atomic E-state index is 6.79. The van der Waals surface area contributed by atoms with Gasteiger partial charge in [0.25, 0.3) is 0 Å². The molecule has 0 radical (unpaired) electrons. The molecule has 11 heavy (non-hydrogen) atoms. The summed E-state index contributed by atoms with van der Waals surface area (Å²) >= 11 is 0. The highest BCUT2D eigenvalue weighted by molar-refractivity contribution is 5.59. The van der Waals surface area contributed by atoms with Gasteiger partial charge in [-0.25, -0.2) is 0 Å². The maximum atomic E-state index is 6.79. The Morgan fingerprint density at radius 3 is 2.55 bits per heavy atom. The summed E-state index contributed by atoms with van der Waals surface area (Å²) in [7, 11) is 0. The lowest BCUT2D eigenvalue weighted by Crippen LogP contribution is -1.69. The van der Waals surface area contributed by atoms with Crippen LogP contribution in [-0.4, -0.2) is 6.21 Å². The van der Waals surface area contributed by atoms with Gasteiger partial charge in [0, 0.05) is 6.42 Å². The van der Waals surface area contributed by atoms with Gasteiger partial charge in [-0.05, 0) is 11.8 Å². The van der Waals surface area contributed by atoms with Gasteiger partial charge in [0.1, 0.15) is 0 Å². The van der Waals surface area contributed by atoms with Gasteiger partial charge in [0.05, 0.1) is 0 Å². The Morgan fingerprint density at radius 2 is 1.91 bits per heavy atom. The van der Waals surface area contributed by atoms with Gasteiger partial charge >= 0.3 is 0 Å². The van der Waals surface area contributed by atoms with Crippen LogP contribution in [0.4, 0.5) is 0 Å². The third-order valence-corrected chi connectivity index (χ3v) is 1.36. The minimum atomic E-state index is 0.717. The summed E-state index contributed by atoms with van der Waals surface area (Å²) in [5.41, 5.74) is 1.19. The molecule has 0 bridgehead atoms. The molecule has 0 saturated heterocycles. The summed E-state index contributed by atoms with van der Waals surface area (Å²) in [5.74, 6) is 0. The molecule has 0 aliphatic carbocycles. The van der Waals surface area contributed by atoms with Crippen LogP contribution in [-0.2, 0) is 0 Å². The number of hydrogen-bond acceptors (Lipinski definition) is 1. The first kappa shape index (κ1) is 7.73. The van der Waals surface area contributed by atoms with E-state index < -0.39 is 0 Å². The lowest BCUT2D eigenvalue weighted by atomic mass is 10.2. The van der Waals surface area contributed by atoms with Crippen molar-refractivity contribution in [3.63, 3.8) is 0 Å². The molecule has 1 N–H and O–H groups in total. The van der Waals surface area contributed by atoms with Gasteiger partial charge < -0.3 is 5.41 Å². The first-order valence-electron chi connectivity index (χ1n) is 3.64. The van der Waals surface area contributed by atoms with E-state index in [0.717, 1.165) is 6.42 Å². The average molecular weight is 145 g/mol. The van der Waals surface area contributed by atoms with Crippen molar-refractivity contribution in [3.05, 3.63) is 42.0 Å². The van der Waals surface area contributed by atoms with Crippen LogP contribution in [0.3, 0.4) is 0 Å². The summed E-state index contributed by atoms with van der Waals surface area (Å²) in [4.78, 5) is 0. The molecule has 0 saturated carbocycles. The van der Waals surface area contributed by atoms with Crippen molar-refractivity contribution in [1.82, 2.24) is 0 Å². The van der Waals surface area contributed by atoms with Crippen molar-refractivity contribution < 1.29 is 0 Å². The van der Waals surface area contributed by atoms with Gasteiger partial charge in [-0.3, -0.25) is 0 Å². The highest BCUT2D eigenvalue weighted by atomic mass is 14.3. The fourth-order valence-corrected chi connectivity index (χ4v) is 0.836. The Kier molecular flexibility index (Phi) is 3.13. The Hall–Kier alpha value is -1.37. The van der Waals surface area contributed by atoms with Gasteiger partial charge in [-0.15, -0.1) is 0 Å². The quantitative estimate of drug-likeness (QED) is 0.632. The molecule has 0 aliphatic rings. The number of rotatable bonds is 3. The maximum Gasteiger partial charge on any atom is 0.000315 e. The summed E-state index contributed by atoms with van der Waals surface area (Å²) in [6, 6.07) is 10.1. The minimum Gasteiger partial charge on any atom is -0.313 e. The average Bonchev–Trinajstić information content (AvgIpc) is 2.07. The predicted octanol–water partition coefficient (Wildman–Crippen LogP) is 2.74. The SMILES string of the molecule is N=CCC=Cc1ccccc1. The van der Waals surface area contributed by atoms with Crippen molar-refractivity contribution in [1.29, 1.82) is 5.41 Å². The smallest absolute Gasteiger partial charge is 0.000315 e. The van der Waals surface area contributed by atoms with E-state index in [9.17, 15) is 0 Å². The molecule has 0 aromatic heterocycles. The van der Waals surface area contributed by atoms with Crippen molar-refractivity contribution in [2.24, 2.45) is 0 Å². The molecular weight excluding hydrogens is 134 g/mol. The number of nitrogens with one attached hydrogen (secondary N) is 1. The fourth-order valence-electron chi connectivity index (χ4n) is 0.836. The fraction of sp³-hybridized carbons (Fsp3) is 0.100. The molecule has 1 aromatic carbocycles. The lowest BCUT2D eigenvalue weighted by molar-refractivity contribution is 1.44. The minimum absolute atomic E-state index is 0.717. The van der Waals surface area contributed by atoms with Gasteiger partial charge in [0.15, 0.2) is 0 Å². The zero-order valence-corrected chi connectivity index (χ0v) is 6.33. The predicted molar refractivity (Wildman–Crippen MR) is 48.9 cm³/mol. The summed E-state index contributed by atoms with van der Waals surface area (Å²) in [5, 5.41) is 6.79. The van der Waals surface area contributed by atoms with Crippen LogP contribution in [0.1, 0.15) is 12.0 Å². The number of benzene rings is 1. The van der Waals surface area contributed by atoms with E-state index in [1.165, 1.54) is 11.8 Å². The Balaban J connectivity index is 2.57. The monoisotopic (exact) mass is 145 g/mol. The zero-order chi connectivity index (χ0) is 7.94. The highest BCUT2D eigenvalue weighted by Crippen LogP contribution is 2.00. The van der Waals surface area contributed by atoms with Crippen molar-refractivity contribution in [2.45, 2.75) is 6.42 Å². The van der Waals surface area contributed by atoms with Crippen LogP contribution in [0.5, 0.6) is 0 Å². The van der Waals surface area contributed by atoms with Crippen LogP contribution in [0.25, 0.3) is 6.08 Å². The first-order chi connectivity index (χ1) is 5.43. The van der Waals surface area contributed by atoms with E-state index in [0.29, 0.717) is 0 Å². The second-order valence-electron chi connectivity index (χ2n) is 2.25. The van der Waals surface area contributed by atoms with Crippen LogP contribution in [0.2, 0.25) is 0 Å². The second kappa shape index (κ2) is 4.45. The molecule has 0 amide bonds. The summed E-state index contributed by atoms with van der Waals surface area (Å²) in [6.45, 7) is 0. The molecule has 1 rings (SSSR count). The van der Waals surface area contributed by atoms with E-state index in [4.69, 9.17) is 5.41 Å².